The Kier molecular flexibility index (Phi) is 5.23. The number of hydrogen-bond acceptors (Lipinski definition) is 3. The predicted octanol–water partition coefficient (Wildman–Crippen LogP) is 4.14. The van der Waals surface area contributed by atoms with Crippen LogP contribution in [0.4, 0.5) is 5.69 Å². The monoisotopic (exact) mass is 285 g/mol. The number of aliphatic hydroxyl groups is 1. The molecule has 0 saturated carbocycles. The number of anilines is 1. The highest BCUT2D eigenvalue weighted by atomic mass is 16.5. The first kappa shape index (κ1) is 15.4. The zero-order valence-corrected chi connectivity index (χ0v) is 12.8. The van der Waals surface area contributed by atoms with E-state index in [-0.39, 0.29) is 18.8 Å². The number of rotatable bonds is 6. The van der Waals surface area contributed by atoms with Gasteiger partial charge in [-0.25, -0.2) is 0 Å². The maximum absolute atomic E-state index is 9.20. The summed E-state index contributed by atoms with van der Waals surface area (Å²) < 4.78 is 5.63. The Morgan fingerprint density at radius 2 is 1.76 bits per heavy atom. The van der Waals surface area contributed by atoms with Crippen LogP contribution >= 0.6 is 0 Å². The lowest BCUT2D eigenvalue weighted by Crippen LogP contribution is -2.08. The van der Waals surface area contributed by atoms with Gasteiger partial charge in [0.25, 0.3) is 0 Å². The highest BCUT2D eigenvalue weighted by Gasteiger charge is 2.06. The summed E-state index contributed by atoms with van der Waals surface area (Å²) >= 11 is 0. The molecule has 0 aliphatic heterocycles. The molecule has 1 unspecified atom stereocenters. The van der Waals surface area contributed by atoms with Gasteiger partial charge in [-0.1, -0.05) is 24.3 Å². The quantitative estimate of drug-likeness (QED) is 0.838. The number of ether oxygens (including phenoxy) is 1. The molecule has 0 amide bonds. The molecule has 0 saturated heterocycles. The third kappa shape index (κ3) is 4.50. The second-order valence-electron chi connectivity index (χ2n) is 5.46. The van der Waals surface area contributed by atoms with Gasteiger partial charge in [0.15, 0.2) is 0 Å². The molecule has 2 aromatic carbocycles. The van der Waals surface area contributed by atoms with E-state index in [2.05, 4.69) is 18.3 Å². The molecule has 0 fully saturated rings. The molecule has 0 aliphatic carbocycles. The molecule has 2 N–H and O–H groups in total. The van der Waals surface area contributed by atoms with Crippen molar-refractivity contribution < 1.29 is 9.84 Å². The average molecular weight is 285 g/mol. The van der Waals surface area contributed by atoms with Gasteiger partial charge in [0.05, 0.1) is 12.7 Å². The van der Waals surface area contributed by atoms with Crippen LogP contribution in [0.1, 0.15) is 37.9 Å². The van der Waals surface area contributed by atoms with Gasteiger partial charge in [-0.15, -0.1) is 0 Å². The van der Waals surface area contributed by atoms with Crippen LogP contribution in [0.25, 0.3) is 0 Å². The van der Waals surface area contributed by atoms with Crippen molar-refractivity contribution in [2.24, 2.45) is 0 Å². The maximum Gasteiger partial charge on any atom is 0.119 e. The van der Waals surface area contributed by atoms with E-state index in [9.17, 15) is 5.11 Å². The second kappa shape index (κ2) is 7.14. The van der Waals surface area contributed by atoms with Gasteiger partial charge in [0.1, 0.15) is 5.75 Å². The molecule has 0 aliphatic rings. The van der Waals surface area contributed by atoms with E-state index in [0.29, 0.717) is 0 Å². The Balaban J connectivity index is 2.03. The summed E-state index contributed by atoms with van der Waals surface area (Å²) in [5, 5.41) is 12.7. The van der Waals surface area contributed by atoms with Crippen molar-refractivity contribution in [1.82, 2.24) is 0 Å². The minimum Gasteiger partial charge on any atom is -0.491 e. The van der Waals surface area contributed by atoms with E-state index in [1.165, 1.54) is 0 Å². The molecule has 0 aromatic heterocycles. The van der Waals surface area contributed by atoms with E-state index in [4.69, 9.17) is 4.74 Å². The molecular weight excluding hydrogens is 262 g/mol. The molecule has 2 aromatic rings. The lowest BCUT2D eigenvalue weighted by atomic mass is 10.1. The van der Waals surface area contributed by atoms with Crippen molar-refractivity contribution in [2.75, 3.05) is 5.32 Å². The van der Waals surface area contributed by atoms with Gasteiger partial charge in [0.2, 0.25) is 0 Å². The molecule has 1 atom stereocenters. The maximum atomic E-state index is 9.20. The SMILES string of the molecule is CC(C)Oc1ccc(NC(C)c2cccc(CO)c2)cc1. The van der Waals surface area contributed by atoms with Crippen LogP contribution in [-0.2, 0) is 6.61 Å². The van der Waals surface area contributed by atoms with Crippen molar-refractivity contribution in [3.8, 4) is 5.75 Å². The molecule has 0 bridgehead atoms. The van der Waals surface area contributed by atoms with Gasteiger partial charge in [-0.2, -0.15) is 0 Å². The highest BCUT2D eigenvalue weighted by Crippen LogP contribution is 2.22. The fourth-order valence-electron chi connectivity index (χ4n) is 2.20. The Morgan fingerprint density at radius 3 is 2.38 bits per heavy atom. The Morgan fingerprint density at radius 1 is 1.05 bits per heavy atom. The normalized spacial score (nSPS) is 12.2. The Labute approximate surface area is 126 Å². The average Bonchev–Trinajstić information content (AvgIpc) is 2.49. The summed E-state index contributed by atoms with van der Waals surface area (Å²) in [6.45, 7) is 6.21. The minimum atomic E-state index is 0.0712. The van der Waals surface area contributed by atoms with Gasteiger partial charge < -0.3 is 15.2 Å². The molecule has 0 radical (unpaired) electrons. The summed E-state index contributed by atoms with van der Waals surface area (Å²) in [6.07, 6.45) is 0.184. The minimum absolute atomic E-state index is 0.0712. The fraction of sp³-hybridized carbons (Fsp3) is 0.333. The predicted molar refractivity (Wildman–Crippen MR) is 86.6 cm³/mol. The third-order valence-electron chi connectivity index (χ3n) is 3.24. The first-order valence-corrected chi connectivity index (χ1v) is 7.31. The highest BCUT2D eigenvalue weighted by molar-refractivity contribution is 5.48. The molecule has 2 rings (SSSR count). The van der Waals surface area contributed by atoms with Crippen LogP contribution in [0.15, 0.2) is 48.5 Å². The van der Waals surface area contributed by atoms with Gasteiger partial charge in [-0.05, 0) is 56.2 Å². The van der Waals surface area contributed by atoms with E-state index < -0.39 is 0 Å². The molecule has 0 heterocycles. The summed E-state index contributed by atoms with van der Waals surface area (Å²) in [4.78, 5) is 0. The molecule has 21 heavy (non-hydrogen) atoms. The van der Waals surface area contributed by atoms with E-state index >= 15 is 0 Å². The summed E-state index contributed by atoms with van der Waals surface area (Å²) in [6, 6.07) is 16.1. The van der Waals surface area contributed by atoms with E-state index in [1.807, 2.05) is 56.3 Å². The van der Waals surface area contributed by atoms with Crippen LogP contribution in [0, 0.1) is 0 Å². The molecule has 3 heteroatoms. The van der Waals surface area contributed by atoms with E-state index in [0.717, 1.165) is 22.6 Å². The van der Waals surface area contributed by atoms with Crippen molar-refractivity contribution in [3.63, 3.8) is 0 Å². The summed E-state index contributed by atoms with van der Waals surface area (Å²) in [5.41, 5.74) is 3.14. The molecule has 3 nitrogen and oxygen atoms in total. The first-order chi connectivity index (χ1) is 10.1. The van der Waals surface area contributed by atoms with Crippen molar-refractivity contribution in [1.29, 1.82) is 0 Å². The molecular formula is C18H23NO2. The van der Waals surface area contributed by atoms with E-state index in [1.54, 1.807) is 0 Å². The molecule has 0 spiro atoms. The number of aliphatic hydroxyl groups excluding tert-OH is 1. The largest absolute Gasteiger partial charge is 0.491 e. The zero-order chi connectivity index (χ0) is 15.2. The van der Waals surface area contributed by atoms with Crippen LogP contribution in [0.2, 0.25) is 0 Å². The number of hydrogen-bond donors (Lipinski definition) is 2. The van der Waals surface area contributed by atoms with Crippen LogP contribution in [0.3, 0.4) is 0 Å². The topological polar surface area (TPSA) is 41.5 Å². The Bertz CT molecular complexity index is 564. The van der Waals surface area contributed by atoms with Gasteiger partial charge >= 0.3 is 0 Å². The standard InChI is InChI=1S/C18H23NO2/c1-13(2)21-18-9-7-17(8-10-18)19-14(3)16-6-4-5-15(11-16)12-20/h4-11,13-14,19-20H,12H2,1-3H3. The Hall–Kier alpha value is -2.00. The number of nitrogens with one attached hydrogen (secondary N) is 1. The van der Waals surface area contributed by atoms with Crippen molar-refractivity contribution in [2.45, 2.75) is 39.5 Å². The van der Waals surface area contributed by atoms with Crippen molar-refractivity contribution >= 4 is 5.69 Å². The molecule has 112 valence electrons. The number of benzene rings is 2. The smallest absolute Gasteiger partial charge is 0.119 e. The summed E-state index contributed by atoms with van der Waals surface area (Å²) in [5.74, 6) is 0.880. The van der Waals surface area contributed by atoms with Gasteiger partial charge in [-0.3, -0.25) is 0 Å². The van der Waals surface area contributed by atoms with Crippen molar-refractivity contribution in [3.05, 3.63) is 59.7 Å². The summed E-state index contributed by atoms with van der Waals surface area (Å²) in [7, 11) is 0. The van der Waals surface area contributed by atoms with Crippen LogP contribution in [0.5, 0.6) is 5.75 Å². The zero-order valence-electron chi connectivity index (χ0n) is 12.8. The first-order valence-electron chi connectivity index (χ1n) is 7.31. The van der Waals surface area contributed by atoms with Crippen LogP contribution < -0.4 is 10.1 Å². The fourth-order valence-corrected chi connectivity index (χ4v) is 2.20. The second-order valence-corrected chi connectivity index (χ2v) is 5.46. The van der Waals surface area contributed by atoms with Crippen LogP contribution in [-0.4, -0.2) is 11.2 Å². The lowest BCUT2D eigenvalue weighted by Gasteiger charge is -2.17. The van der Waals surface area contributed by atoms with Gasteiger partial charge in [0, 0.05) is 11.7 Å². The third-order valence-corrected chi connectivity index (χ3v) is 3.24. The lowest BCUT2D eigenvalue weighted by molar-refractivity contribution is 0.242.